The molecule has 0 aliphatic heterocycles. The topological polar surface area (TPSA) is 131 Å². The molecule has 136 valence electrons. The third-order valence-corrected chi connectivity index (χ3v) is 4.16. The van der Waals surface area contributed by atoms with Gasteiger partial charge in [0.15, 0.2) is 0 Å². The van der Waals surface area contributed by atoms with Crippen molar-refractivity contribution in [3.05, 3.63) is 58.7 Å². The first-order chi connectivity index (χ1) is 13.4. The predicted molar refractivity (Wildman–Crippen MR) is 99.6 cm³/mol. The van der Waals surface area contributed by atoms with Gasteiger partial charge in [0.25, 0.3) is 5.91 Å². The number of hydrogen-bond donors (Lipinski definition) is 1. The molecular formula is C20H15N7O. The fourth-order valence-electron chi connectivity index (χ4n) is 2.76. The average Bonchev–Trinajstić information content (AvgIpc) is 3.08. The van der Waals surface area contributed by atoms with Crippen LogP contribution in [-0.2, 0) is 6.54 Å². The monoisotopic (exact) mass is 369 g/mol. The van der Waals surface area contributed by atoms with Gasteiger partial charge in [-0.3, -0.25) is 4.79 Å². The van der Waals surface area contributed by atoms with Crippen LogP contribution in [0.25, 0.3) is 11.0 Å². The molecule has 0 saturated heterocycles. The van der Waals surface area contributed by atoms with Crippen LogP contribution in [-0.4, -0.2) is 26.4 Å². The Kier molecular flexibility index (Phi) is 4.76. The van der Waals surface area contributed by atoms with Crippen molar-refractivity contribution in [2.24, 2.45) is 0 Å². The number of aryl methyl sites for hydroxylation is 1. The quantitative estimate of drug-likeness (QED) is 0.750. The Bertz CT molecular complexity index is 1190. The molecule has 0 radical (unpaired) electrons. The van der Waals surface area contributed by atoms with Crippen molar-refractivity contribution >= 4 is 16.9 Å². The van der Waals surface area contributed by atoms with E-state index in [4.69, 9.17) is 5.26 Å². The van der Waals surface area contributed by atoms with Crippen LogP contribution in [0.2, 0.25) is 0 Å². The van der Waals surface area contributed by atoms with Crippen molar-refractivity contribution in [1.82, 2.24) is 20.3 Å². The fourth-order valence-corrected chi connectivity index (χ4v) is 2.76. The van der Waals surface area contributed by atoms with Crippen molar-refractivity contribution in [2.75, 3.05) is 0 Å². The molecule has 1 amide bonds. The lowest BCUT2D eigenvalue weighted by Gasteiger charge is -2.22. The normalized spacial score (nSPS) is 12.4. The lowest BCUT2D eigenvalue weighted by Crippen LogP contribution is -2.48. The highest BCUT2D eigenvalue weighted by molar-refractivity contribution is 5.95. The lowest BCUT2D eigenvalue weighted by molar-refractivity contribution is 0.0916. The molecular weight excluding hydrogens is 354 g/mol. The van der Waals surface area contributed by atoms with Crippen LogP contribution >= 0.6 is 0 Å². The summed E-state index contributed by atoms with van der Waals surface area (Å²) >= 11 is 0. The number of carbonyl (C=O) groups is 1. The number of hydrogen-bond acceptors (Lipinski definition) is 6. The zero-order valence-corrected chi connectivity index (χ0v) is 15.3. The molecule has 1 heterocycles. The van der Waals surface area contributed by atoms with E-state index in [9.17, 15) is 15.3 Å². The summed E-state index contributed by atoms with van der Waals surface area (Å²) < 4.78 is 0. The highest BCUT2D eigenvalue weighted by Crippen LogP contribution is 2.18. The molecule has 2 aromatic carbocycles. The third-order valence-electron chi connectivity index (χ3n) is 4.16. The first-order valence-electron chi connectivity index (χ1n) is 8.37. The maximum Gasteiger partial charge on any atom is 0.252 e. The molecule has 8 nitrogen and oxygen atoms in total. The van der Waals surface area contributed by atoms with Gasteiger partial charge in [0.1, 0.15) is 22.6 Å². The summed E-state index contributed by atoms with van der Waals surface area (Å²) in [5.74, 6) is -0.446. The Morgan fingerprint density at radius 3 is 2.46 bits per heavy atom. The summed E-state index contributed by atoms with van der Waals surface area (Å²) in [6, 6.07) is 15.8. The molecule has 0 aliphatic rings. The standard InChI is InChI=1S/C20H15N7O/c1-13-7-16(10-22)18-17(8-13)25-27(26-18)12-20(2,11-23)24-19(28)15-5-3-14(9-21)4-6-15/h3-8H,12H2,1-2H3,(H,24,28). The van der Waals surface area contributed by atoms with Crippen molar-refractivity contribution in [1.29, 1.82) is 15.8 Å². The number of nitrogens with zero attached hydrogens (tertiary/aromatic N) is 6. The van der Waals surface area contributed by atoms with Crippen LogP contribution in [0.3, 0.4) is 0 Å². The summed E-state index contributed by atoms with van der Waals surface area (Å²) in [4.78, 5) is 13.8. The Morgan fingerprint density at radius 2 is 1.86 bits per heavy atom. The molecule has 0 saturated carbocycles. The molecule has 8 heteroatoms. The number of aromatic nitrogens is 3. The molecule has 0 bridgehead atoms. The van der Waals surface area contributed by atoms with Crippen molar-refractivity contribution in [3.63, 3.8) is 0 Å². The number of carbonyl (C=O) groups excluding carboxylic acids is 1. The SMILES string of the molecule is Cc1cc(C#N)c2nn(CC(C)(C#N)NC(=O)c3ccc(C#N)cc3)nc2c1. The van der Waals surface area contributed by atoms with E-state index >= 15 is 0 Å². The third kappa shape index (κ3) is 3.65. The smallest absolute Gasteiger partial charge is 0.252 e. The van der Waals surface area contributed by atoms with Crippen LogP contribution in [0, 0.1) is 40.9 Å². The minimum Gasteiger partial charge on any atom is -0.332 e. The second-order valence-electron chi connectivity index (χ2n) is 6.61. The van der Waals surface area contributed by atoms with Crippen molar-refractivity contribution in [2.45, 2.75) is 25.9 Å². The van der Waals surface area contributed by atoms with Crippen LogP contribution in [0.15, 0.2) is 36.4 Å². The van der Waals surface area contributed by atoms with Gasteiger partial charge in [0.05, 0.1) is 29.8 Å². The van der Waals surface area contributed by atoms with Crippen LogP contribution in [0.5, 0.6) is 0 Å². The molecule has 0 aliphatic carbocycles. The largest absolute Gasteiger partial charge is 0.332 e. The van der Waals surface area contributed by atoms with E-state index < -0.39 is 11.4 Å². The fraction of sp³-hybridized carbons (Fsp3) is 0.200. The summed E-state index contributed by atoms with van der Waals surface area (Å²) in [5, 5.41) is 39.0. The maximum atomic E-state index is 12.5. The molecule has 1 aromatic heterocycles. The average molecular weight is 369 g/mol. The first-order valence-corrected chi connectivity index (χ1v) is 8.37. The summed E-state index contributed by atoms with van der Waals surface area (Å²) in [5.41, 5.74) is 1.79. The van der Waals surface area contributed by atoms with E-state index in [0.717, 1.165) is 5.56 Å². The van der Waals surface area contributed by atoms with Gasteiger partial charge < -0.3 is 5.32 Å². The molecule has 0 spiro atoms. The van der Waals surface area contributed by atoms with Crippen LogP contribution in [0.1, 0.15) is 34.0 Å². The van der Waals surface area contributed by atoms with Crippen LogP contribution < -0.4 is 5.32 Å². The molecule has 3 rings (SSSR count). The molecule has 3 aromatic rings. The number of rotatable bonds is 4. The number of benzene rings is 2. The predicted octanol–water partition coefficient (Wildman–Crippen LogP) is 2.20. The number of nitrogens with one attached hydrogen (secondary N) is 1. The molecule has 0 fully saturated rings. The van der Waals surface area contributed by atoms with Gasteiger partial charge in [0, 0.05) is 5.56 Å². The van der Waals surface area contributed by atoms with Crippen molar-refractivity contribution in [3.8, 4) is 18.2 Å². The minimum atomic E-state index is -1.28. The minimum absolute atomic E-state index is 0.00408. The highest BCUT2D eigenvalue weighted by Gasteiger charge is 2.29. The Morgan fingerprint density at radius 1 is 1.14 bits per heavy atom. The van der Waals surface area contributed by atoms with Gasteiger partial charge in [-0.15, -0.1) is 0 Å². The second-order valence-corrected chi connectivity index (χ2v) is 6.61. The van der Waals surface area contributed by atoms with E-state index in [1.807, 2.05) is 13.0 Å². The van der Waals surface area contributed by atoms with Gasteiger partial charge in [-0.2, -0.15) is 30.8 Å². The number of amides is 1. The zero-order chi connectivity index (χ0) is 20.3. The Hall–Kier alpha value is -4.22. The molecule has 1 atom stereocenters. The lowest BCUT2D eigenvalue weighted by atomic mass is 10.0. The van der Waals surface area contributed by atoms with Gasteiger partial charge >= 0.3 is 0 Å². The zero-order valence-electron chi connectivity index (χ0n) is 15.3. The summed E-state index contributed by atoms with van der Waals surface area (Å²) in [6.45, 7) is 3.43. The summed E-state index contributed by atoms with van der Waals surface area (Å²) in [7, 11) is 0. The van der Waals surface area contributed by atoms with Crippen LogP contribution in [0.4, 0.5) is 0 Å². The van der Waals surface area contributed by atoms with Gasteiger partial charge in [-0.1, -0.05) is 0 Å². The van der Waals surface area contributed by atoms with Gasteiger partial charge in [-0.05, 0) is 55.8 Å². The summed E-state index contributed by atoms with van der Waals surface area (Å²) in [6.07, 6.45) is 0. The Labute approximate surface area is 161 Å². The Balaban J connectivity index is 1.85. The number of nitriles is 3. The molecule has 1 unspecified atom stereocenters. The van der Waals surface area contributed by atoms with E-state index in [0.29, 0.717) is 27.7 Å². The van der Waals surface area contributed by atoms with E-state index in [2.05, 4.69) is 27.7 Å². The molecule has 28 heavy (non-hydrogen) atoms. The van der Waals surface area contributed by atoms with E-state index in [1.165, 1.54) is 29.1 Å². The second kappa shape index (κ2) is 7.19. The molecule has 1 N–H and O–H groups in total. The number of fused-ring (bicyclic) bond motifs is 1. The highest BCUT2D eigenvalue weighted by atomic mass is 16.1. The van der Waals surface area contributed by atoms with Gasteiger partial charge in [-0.25, -0.2) is 0 Å². The maximum absolute atomic E-state index is 12.5. The van der Waals surface area contributed by atoms with Crippen molar-refractivity contribution < 1.29 is 4.79 Å². The van der Waals surface area contributed by atoms with Gasteiger partial charge in [0.2, 0.25) is 0 Å². The van der Waals surface area contributed by atoms with E-state index in [-0.39, 0.29) is 6.54 Å². The first kappa shape index (κ1) is 18.6. The van der Waals surface area contributed by atoms with E-state index in [1.54, 1.807) is 19.1 Å².